The number of rotatable bonds is 9. The molecule has 1 heterocycles. The van der Waals surface area contributed by atoms with Crippen LogP contribution in [0.4, 0.5) is 4.79 Å². The van der Waals surface area contributed by atoms with Crippen LogP contribution in [0.2, 0.25) is 0 Å². The number of likely N-dealkylation sites (tertiary alicyclic amines) is 1. The van der Waals surface area contributed by atoms with E-state index in [0.717, 1.165) is 11.1 Å². The largest absolute Gasteiger partial charge is 0.481 e. The monoisotopic (exact) mass is 464 g/mol. The van der Waals surface area contributed by atoms with Crippen molar-refractivity contribution < 1.29 is 24.2 Å². The smallest absolute Gasteiger partial charge is 0.407 e. The number of alkyl carbamates (subject to hydrolysis) is 1. The molecule has 2 aliphatic rings. The van der Waals surface area contributed by atoms with Gasteiger partial charge in [0.05, 0.1) is 0 Å². The van der Waals surface area contributed by atoms with Crippen molar-refractivity contribution in [2.45, 2.75) is 45.1 Å². The number of fused-ring (bicyclic) bond motifs is 3. The fourth-order valence-corrected chi connectivity index (χ4v) is 4.85. The van der Waals surface area contributed by atoms with Gasteiger partial charge in [0.2, 0.25) is 5.91 Å². The molecule has 0 spiro atoms. The fraction of sp³-hybridized carbons (Fsp3) is 0.444. The van der Waals surface area contributed by atoms with Gasteiger partial charge < -0.3 is 20.1 Å². The summed E-state index contributed by atoms with van der Waals surface area (Å²) in [6.45, 7) is 5.33. The molecule has 0 saturated carbocycles. The van der Waals surface area contributed by atoms with Crippen LogP contribution in [0.25, 0.3) is 11.1 Å². The first-order valence-corrected chi connectivity index (χ1v) is 11.9. The van der Waals surface area contributed by atoms with Crippen LogP contribution in [0.1, 0.15) is 50.2 Å². The Balaban J connectivity index is 1.29. The molecule has 1 fully saturated rings. The van der Waals surface area contributed by atoms with Gasteiger partial charge in [0.1, 0.15) is 6.61 Å². The first kappa shape index (κ1) is 23.8. The average Bonchev–Trinajstić information content (AvgIpc) is 3.09. The number of nitrogens with zero attached hydrogens (tertiary/aromatic N) is 1. The SMILES string of the molecule is CC(C)[C@@H](CC(=O)N1CC(CCC(=O)O)C1)NC(=O)OCC1c2ccccc2-c2ccccc21. The van der Waals surface area contributed by atoms with Crippen molar-refractivity contribution in [1.82, 2.24) is 10.2 Å². The Bertz CT molecular complexity index is 1010. The summed E-state index contributed by atoms with van der Waals surface area (Å²) in [5.41, 5.74) is 4.66. The molecule has 1 aliphatic heterocycles. The second-order valence-corrected chi connectivity index (χ2v) is 9.62. The van der Waals surface area contributed by atoms with Crippen molar-refractivity contribution in [3.05, 3.63) is 59.7 Å². The number of carboxylic acid groups (broad SMARTS) is 1. The van der Waals surface area contributed by atoms with E-state index in [2.05, 4.69) is 29.6 Å². The van der Waals surface area contributed by atoms with E-state index in [4.69, 9.17) is 9.84 Å². The molecule has 0 bridgehead atoms. The summed E-state index contributed by atoms with van der Waals surface area (Å²) < 4.78 is 5.64. The van der Waals surface area contributed by atoms with Crippen LogP contribution < -0.4 is 5.32 Å². The lowest BCUT2D eigenvalue weighted by Gasteiger charge is -2.40. The molecule has 7 heteroatoms. The normalized spacial score (nSPS) is 15.9. The molecular formula is C27H32N2O5. The Kier molecular flexibility index (Phi) is 7.20. The van der Waals surface area contributed by atoms with Crippen molar-refractivity contribution in [3.8, 4) is 11.1 Å². The van der Waals surface area contributed by atoms with Gasteiger partial charge in [-0.05, 0) is 40.5 Å². The van der Waals surface area contributed by atoms with Crippen LogP contribution in [-0.2, 0) is 14.3 Å². The van der Waals surface area contributed by atoms with Gasteiger partial charge in [0, 0.05) is 37.9 Å². The number of carbonyl (C=O) groups is 3. The molecule has 1 atom stereocenters. The van der Waals surface area contributed by atoms with Gasteiger partial charge >= 0.3 is 12.1 Å². The van der Waals surface area contributed by atoms with Crippen molar-refractivity contribution in [3.63, 3.8) is 0 Å². The average molecular weight is 465 g/mol. The highest BCUT2D eigenvalue weighted by atomic mass is 16.5. The Hall–Kier alpha value is -3.35. The molecule has 0 radical (unpaired) electrons. The second-order valence-electron chi connectivity index (χ2n) is 9.62. The summed E-state index contributed by atoms with van der Waals surface area (Å²) in [7, 11) is 0. The van der Waals surface area contributed by atoms with E-state index in [1.165, 1.54) is 11.1 Å². The van der Waals surface area contributed by atoms with E-state index >= 15 is 0 Å². The number of hydrogen-bond donors (Lipinski definition) is 2. The quantitative estimate of drug-likeness (QED) is 0.578. The van der Waals surface area contributed by atoms with E-state index in [1.54, 1.807) is 4.90 Å². The molecule has 34 heavy (non-hydrogen) atoms. The second kappa shape index (κ2) is 10.3. The van der Waals surface area contributed by atoms with Crippen LogP contribution in [0, 0.1) is 11.8 Å². The van der Waals surface area contributed by atoms with Crippen molar-refractivity contribution >= 4 is 18.0 Å². The van der Waals surface area contributed by atoms with Crippen LogP contribution in [0.3, 0.4) is 0 Å². The lowest BCUT2D eigenvalue weighted by molar-refractivity contribution is -0.139. The van der Waals surface area contributed by atoms with Gasteiger partial charge in [-0.25, -0.2) is 4.79 Å². The van der Waals surface area contributed by atoms with Crippen LogP contribution in [0.15, 0.2) is 48.5 Å². The molecule has 2 amide bonds. The minimum atomic E-state index is -0.808. The van der Waals surface area contributed by atoms with E-state index in [-0.39, 0.29) is 49.2 Å². The number of carbonyl (C=O) groups excluding carboxylic acids is 2. The summed E-state index contributed by atoms with van der Waals surface area (Å²) in [5.74, 6) is -0.538. The lowest BCUT2D eigenvalue weighted by Crippen LogP contribution is -2.52. The highest BCUT2D eigenvalue weighted by Gasteiger charge is 2.33. The third-order valence-electron chi connectivity index (χ3n) is 6.92. The van der Waals surface area contributed by atoms with Gasteiger partial charge in [-0.2, -0.15) is 0 Å². The number of nitrogens with one attached hydrogen (secondary N) is 1. The predicted octanol–water partition coefficient (Wildman–Crippen LogP) is 4.26. The summed E-state index contributed by atoms with van der Waals surface area (Å²) in [6.07, 6.45) is 0.402. The van der Waals surface area contributed by atoms with Crippen molar-refractivity contribution in [2.75, 3.05) is 19.7 Å². The number of hydrogen-bond acceptors (Lipinski definition) is 4. The van der Waals surface area contributed by atoms with Gasteiger partial charge in [-0.3, -0.25) is 9.59 Å². The third-order valence-corrected chi connectivity index (χ3v) is 6.92. The number of ether oxygens (including phenoxy) is 1. The molecule has 7 nitrogen and oxygen atoms in total. The van der Waals surface area contributed by atoms with E-state index in [0.29, 0.717) is 19.5 Å². The van der Waals surface area contributed by atoms with E-state index in [9.17, 15) is 14.4 Å². The Labute approximate surface area is 200 Å². The molecule has 2 N–H and O–H groups in total. The number of carboxylic acids is 1. The zero-order valence-electron chi connectivity index (χ0n) is 19.7. The molecule has 2 aromatic carbocycles. The number of aliphatic carboxylic acids is 1. The van der Waals surface area contributed by atoms with Gasteiger partial charge in [0.15, 0.2) is 0 Å². The zero-order valence-corrected chi connectivity index (χ0v) is 19.7. The summed E-state index contributed by atoms with van der Waals surface area (Å²) >= 11 is 0. The summed E-state index contributed by atoms with van der Waals surface area (Å²) in [6, 6.07) is 16.0. The van der Waals surface area contributed by atoms with Crippen molar-refractivity contribution in [2.24, 2.45) is 11.8 Å². The van der Waals surface area contributed by atoms with E-state index < -0.39 is 12.1 Å². The Morgan fingerprint density at radius 3 is 2.18 bits per heavy atom. The molecule has 0 aromatic heterocycles. The van der Waals surface area contributed by atoms with Crippen LogP contribution in [-0.4, -0.2) is 53.7 Å². The molecule has 180 valence electrons. The zero-order chi connectivity index (χ0) is 24.2. The topological polar surface area (TPSA) is 95.9 Å². The van der Waals surface area contributed by atoms with Gasteiger partial charge in [0.25, 0.3) is 0 Å². The minimum absolute atomic E-state index is 0.0129. The molecule has 1 aliphatic carbocycles. The Morgan fingerprint density at radius 1 is 1.03 bits per heavy atom. The Morgan fingerprint density at radius 2 is 1.62 bits per heavy atom. The first-order valence-electron chi connectivity index (χ1n) is 11.9. The minimum Gasteiger partial charge on any atom is -0.481 e. The highest BCUT2D eigenvalue weighted by molar-refractivity contribution is 5.80. The van der Waals surface area contributed by atoms with Crippen LogP contribution in [0.5, 0.6) is 0 Å². The standard InChI is InChI=1S/C27H32N2O5/c1-17(2)24(13-25(30)29-14-18(15-29)11-12-26(31)32)28-27(33)34-16-23-21-9-5-3-7-19(21)20-8-4-6-10-22(20)23/h3-10,17-18,23-24H,11-16H2,1-2H3,(H,28,33)(H,31,32)/t24-/m1/s1. The third kappa shape index (κ3) is 5.24. The lowest BCUT2D eigenvalue weighted by atomic mass is 9.93. The summed E-state index contributed by atoms with van der Waals surface area (Å²) in [5, 5.41) is 11.7. The predicted molar refractivity (Wildman–Crippen MR) is 128 cm³/mol. The summed E-state index contributed by atoms with van der Waals surface area (Å²) in [4.78, 5) is 37.8. The van der Waals surface area contributed by atoms with Gasteiger partial charge in [-0.15, -0.1) is 0 Å². The fourth-order valence-electron chi connectivity index (χ4n) is 4.85. The molecular weight excluding hydrogens is 432 g/mol. The van der Waals surface area contributed by atoms with E-state index in [1.807, 2.05) is 38.1 Å². The maximum atomic E-state index is 12.7. The van der Waals surface area contributed by atoms with Crippen molar-refractivity contribution in [1.29, 1.82) is 0 Å². The molecule has 0 unspecified atom stereocenters. The molecule has 4 rings (SSSR count). The van der Waals surface area contributed by atoms with Gasteiger partial charge in [-0.1, -0.05) is 62.4 Å². The molecule has 2 aromatic rings. The van der Waals surface area contributed by atoms with Crippen LogP contribution >= 0.6 is 0 Å². The number of amides is 2. The maximum absolute atomic E-state index is 12.7. The maximum Gasteiger partial charge on any atom is 0.407 e. The molecule has 1 saturated heterocycles. The first-order chi connectivity index (χ1) is 16.3. The highest BCUT2D eigenvalue weighted by Crippen LogP contribution is 2.44. The number of benzene rings is 2.